The fourth-order valence-electron chi connectivity index (χ4n) is 3.03. The van der Waals surface area contributed by atoms with E-state index in [1.54, 1.807) is 13.8 Å². The van der Waals surface area contributed by atoms with Gasteiger partial charge >= 0.3 is 5.97 Å². The van der Waals surface area contributed by atoms with E-state index in [2.05, 4.69) is 16.1 Å². The number of esters is 1. The summed E-state index contributed by atoms with van der Waals surface area (Å²) in [5, 5.41) is 43.5. The van der Waals surface area contributed by atoms with Crippen LogP contribution in [0, 0.1) is 10.7 Å². The van der Waals surface area contributed by atoms with Gasteiger partial charge < -0.3 is 35.9 Å². The number of carbonyl (C=O) groups excluding carboxylic acids is 3. The van der Waals surface area contributed by atoms with Crippen LogP contribution in [0.25, 0.3) is 0 Å². The highest BCUT2D eigenvalue weighted by Crippen LogP contribution is 2.37. The summed E-state index contributed by atoms with van der Waals surface area (Å²) < 4.78 is 6.30. The summed E-state index contributed by atoms with van der Waals surface area (Å²) in [5.41, 5.74) is 2.67. The first-order valence-electron chi connectivity index (χ1n) is 10.2. The Hall–Kier alpha value is -0.380. The van der Waals surface area contributed by atoms with Crippen LogP contribution < -0.4 is 16.1 Å². The average molecular weight is 819 g/mol. The van der Waals surface area contributed by atoms with Crippen LogP contribution in [0.5, 0.6) is 0 Å². The van der Waals surface area contributed by atoms with Crippen molar-refractivity contribution in [1.29, 1.82) is 0 Å². The first kappa shape index (κ1) is 31.6. The second-order valence-electron chi connectivity index (χ2n) is 7.32. The number of hydrogen-bond acceptors (Lipinski definition) is 9. The van der Waals surface area contributed by atoms with Crippen LogP contribution in [0.2, 0.25) is 0 Å². The van der Waals surface area contributed by atoms with Crippen LogP contribution in [0.15, 0.2) is 0 Å². The molecule has 11 nitrogen and oxygen atoms in total. The Bertz CT molecular complexity index is 841. The minimum Gasteiger partial charge on any atom is -0.461 e. The van der Waals surface area contributed by atoms with Crippen LogP contribution in [0.3, 0.4) is 0 Å². The topological polar surface area (TPSA) is 177 Å². The molecular formula is C20H28I3N3O8. The monoisotopic (exact) mass is 819 g/mol. The lowest BCUT2D eigenvalue weighted by atomic mass is 9.96. The van der Waals surface area contributed by atoms with Crippen molar-refractivity contribution in [2.24, 2.45) is 0 Å². The van der Waals surface area contributed by atoms with Gasteiger partial charge in [-0.05, 0) is 81.1 Å². The van der Waals surface area contributed by atoms with E-state index in [0.717, 1.165) is 0 Å². The number of ether oxygens (including phenoxy) is 1. The number of halogens is 3. The molecule has 1 aromatic rings. The van der Waals surface area contributed by atoms with Crippen molar-refractivity contribution in [2.45, 2.75) is 51.4 Å². The van der Waals surface area contributed by atoms with Crippen molar-refractivity contribution < 1.29 is 39.6 Å². The molecule has 0 radical (unpaired) electrons. The molecule has 1 rings (SSSR count). The first-order valence-corrected chi connectivity index (χ1v) is 13.4. The highest BCUT2D eigenvalue weighted by atomic mass is 127. The number of rotatable bonds is 12. The molecule has 0 spiro atoms. The molecule has 0 saturated carbocycles. The van der Waals surface area contributed by atoms with Crippen LogP contribution in [0.1, 0.15) is 59.5 Å². The van der Waals surface area contributed by atoms with E-state index >= 15 is 0 Å². The van der Waals surface area contributed by atoms with E-state index in [9.17, 15) is 34.9 Å². The molecule has 14 heteroatoms. The SMILES string of the molecule is CCC(CO)NC(=O)c1c(I)c(C(=O)NC(CO)CO)c(I)c(C(NO)[C@H](C)OC(C)=O)c1I. The summed E-state index contributed by atoms with van der Waals surface area (Å²) in [5.74, 6) is -1.78. The number of aliphatic hydroxyl groups excluding tert-OH is 3. The van der Waals surface area contributed by atoms with Gasteiger partial charge in [0.05, 0.1) is 49.1 Å². The van der Waals surface area contributed by atoms with Gasteiger partial charge in [-0.15, -0.1) is 0 Å². The van der Waals surface area contributed by atoms with Crippen molar-refractivity contribution >= 4 is 85.6 Å². The van der Waals surface area contributed by atoms with Crippen LogP contribution in [0.4, 0.5) is 0 Å². The fraction of sp³-hybridized carbons (Fsp3) is 0.550. The highest BCUT2D eigenvalue weighted by Gasteiger charge is 2.34. The quantitative estimate of drug-likeness (QED) is 0.0924. The summed E-state index contributed by atoms with van der Waals surface area (Å²) >= 11 is 5.70. The number of hydrogen-bond donors (Lipinski definition) is 7. The van der Waals surface area contributed by atoms with Crippen LogP contribution in [-0.2, 0) is 9.53 Å². The molecule has 0 bridgehead atoms. The van der Waals surface area contributed by atoms with E-state index in [-0.39, 0.29) is 17.7 Å². The number of benzene rings is 1. The molecule has 3 atom stereocenters. The van der Waals surface area contributed by atoms with E-state index in [0.29, 0.717) is 22.7 Å². The number of nitrogens with one attached hydrogen (secondary N) is 3. The fourth-order valence-corrected chi connectivity index (χ4v) is 7.85. The van der Waals surface area contributed by atoms with Crippen LogP contribution in [-0.4, -0.2) is 76.3 Å². The standard InChI is InChI=1S/C20H28I3N3O8/c1-4-10(5-27)24-19(31)13-15(21)12(18(26-33)8(2)34-9(3)30)16(22)14(17(13)23)20(32)25-11(6-28)7-29/h8,10-11,18,26-29,33H,4-7H2,1-3H3,(H,24,31)(H,25,32)/t8-,10?,18?/m0/s1. The summed E-state index contributed by atoms with van der Waals surface area (Å²) in [4.78, 5) is 37.9. The molecule has 34 heavy (non-hydrogen) atoms. The predicted molar refractivity (Wildman–Crippen MR) is 148 cm³/mol. The normalized spacial score (nSPS) is 13.9. The molecule has 192 valence electrons. The van der Waals surface area contributed by atoms with Gasteiger partial charge in [-0.25, -0.2) is 0 Å². The zero-order valence-corrected chi connectivity index (χ0v) is 25.2. The predicted octanol–water partition coefficient (Wildman–Crippen LogP) is 1.06. The van der Waals surface area contributed by atoms with Gasteiger partial charge in [-0.2, -0.15) is 5.48 Å². The molecule has 2 amide bonds. The van der Waals surface area contributed by atoms with E-state index < -0.39 is 55.2 Å². The summed E-state index contributed by atoms with van der Waals surface area (Å²) in [6.45, 7) is 3.28. The first-order chi connectivity index (χ1) is 16.0. The zero-order valence-electron chi connectivity index (χ0n) is 18.7. The Morgan fingerprint density at radius 1 is 0.882 bits per heavy atom. The third kappa shape index (κ3) is 7.81. The lowest BCUT2D eigenvalue weighted by Crippen LogP contribution is -2.42. The maximum absolute atomic E-state index is 13.2. The van der Waals surface area contributed by atoms with Gasteiger partial charge in [0, 0.05) is 23.2 Å². The average Bonchev–Trinajstić information content (AvgIpc) is 2.77. The Morgan fingerprint density at radius 2 is 1.32 bits per heavy atom. The number of carbonyl (C=O) groups is 3. The highest BCUT2D eigenvalue weighted by molar-refractivity contribution is 14.1. The maximum atomic E-state index is 13.2. The van der Waals surface area contributed by atoms with Crippen LogP contribution >= 0.6 is 67.8 Å². The minimum absolute atomic E-state index is 0.0842. The van der Waals surface area contributed by atoms with Gasteiger partial charge in [0.25, 0.3) is 11.8 Å². The molecule has 0 heterocycles. The Labute approximate surface area is 238 Å². The second-order valence-corrected chi connectivity index (χ2v) is 10.6. The molecule has 1 aromatic carbocycles. The Kier molecular flexibility index (Phi) is 14.0. The molecule has 0 aliphatic rings. The van der Waals surface area contributed by atoms with Crippen molar-refractivity contribution in [3.05, 3.63) is 27.4 Å². The molecule has 0 aliphatic carbocycles. The summed E-state index contributed by atoms with van der Waals surface area (Å²) in [6, 6.07) is -2.44. The van der Waals surface area contributed by atoms with Gasteiger partial charge in [-0.3, -0.25) is 14.4 Å². The molecule has 2 unspecified atom stereocenters. The molecule has 0 saturated heterocycles. The van der Waals surface area contributed by atoms with Crippen molar-refractivity contribution in [3.8, 4) is 0 Å². The number of hydroxylamine groups is 1. The lowest BCUT2D eigenvalue weighted by molar-refractivity contribution is -0.148. The third-order valence-electron chi connectivity index (χ3n) is 4.90. The third-order valence-corrected chi connectivity index (χ3v) is 8.22. The summed E-state index contributed by atoms with van der Waals surface area (Å²) in [7, 11) is 0. The van der Waals surface area contributed by atoms with Crippen molar-refractivity contribution in [1.82, 2.24) is 16.1 Å². The lowest BCUT2D eigenvalue weighted by Gasteiger charge is -2.28. The molecule has 7 N–H and O–H groups in total. The largest absolute Gasteiger partial charge is 0.461 e. The molecule has 0 aromatic heterocycles. The number of aliphatic hydroxyl groups is 3. The molecule has 0 aliphatic heterocycles. The Balaban J connectivity index is 3.83. The smallest absolute Gasteiger partial charge is 0.302 e. The van der Waals surface area contributed by atoms with Gasteiger partial charge in [-0.1, -0.05) is 6.92 Å². The van der Waals surface area contributed by atoms with Gasteiger partial charge in [0.15, 0.2) is 0 Å². The van der Waals surface area contributed by atoms with Crippen molar-refractivity contribution in [2.75, 3.05) is 19.8 Å². The van der Waals surface area contributed by atoms with E-state index in [4.69, 9.17) is 4.74 Å². The van der Waals surface area contributed by atoms with Crippen molar-refractivity contribution in [3.63, 3.8) is 0 Å². The van der Waals surface area contributed by atoms with E-state index in [1.165, 1.54) is 6.92 Å². The maximum Gasteiger partial charge on any atom is 0.302 e. The van der Waals surface area contributed by atoms with Gasteiger partial charge in [0.2, 0.25) is 0 Å². The van der Waals surface area contributed by atoms with E-state index in [1.807, 2.05) is 67.8 Å². The Morgan fingerprint density at radius 3 is 1.68 bits per heavy atom. The van der Waals surface area contributed by atoms with Gasteiger partial charge in [0.1, 0.15) is 6.10 Å². The number of amides is 2. The zero-order chi connectivity index (χ0) is 26.2. The second kappa shape index (κ2) is 15.0. The molecule has 0 fully saturated rings. The minimum atomic E-state index is -0.996. The molecular weight excluding hydrogens is 791 g/mol. The summed E-state index contributed by atoms with van der Waals surface area (Å²) in [6.07, 6.45) is -0.404.